The second-order valence-corrected chi connectivity index (χ2v) is 7.28. The predicted octanol–water partition coefficient (Wildman–Crippen LogP) is 4.84. The fraction of sp³-hybridized carbons (Fsp3) is 0.0385. The van der Waals surface area contributed by atoms with Gasteiger partial charge >= 0.3 is 0 Å². The molecule has 6 nitrogen and oxygen atoms in total. The molecule has 0 amide bonds. The van der Waals surface area contributed by atoms with Crippen LogP contribution in [0, 0.1) is 0 Å². The van der Waals surface area contributed by atoms with Gasteiger partial charge in [0.2, 0.25) is 0 Å². The summed E-state index contributed by atoms with van der Waals surface area (Å²) >= 11 is 0. The summed E-state index contributed by atoms with van der Waals surface area (Å²) in [5.41, 5.74) is 4.30. The number of fused-ring (bicyclic) bond motifs is 1. The zero-order valence-corrected chi connectivity index (χ0v) is 17.3. The Balaban J connectivity index is 1.85. The zero-order chi connectivity index (χ0) is 22.1. The first kappa shape index (κ1) is 19.5. The number of aromatic amines is 1. The minimum atomic E-state index is -0.346. The number of H-pyrrole nitrogens is 1. The fourth-order valence-corrected chi connectivity index (χ4v) is 3.89. The molecule has 0 saturated heterocycles. The number of hydrogen-bond donors (Lipinski definition) is 1. The Morgan fingerprint density at radius 3 is 2.00 bits per heavy atom. The van der Waals surface area contributed by atoms with Gasteiger partial charge < -0.3 is 4.74 Å². The summed E-state index contributed by atoms with van der Waals surface area (Å²) < 4.78 is 6.62. The molecular formula is C26H19N3O3. The number of rotatable bonds is 5. The molecule has 32 heavy (non-hydrogen) atoms. The third kappa shape index (κ3) is 3.18. The summed E-state index contributed by atoms with van der Waals surface area (Å²) in [7, 11) is 1.57. The highest BCUT2D eigenvalue weighted by molar-refractivity contribution is 5.93. The summed E-state index contributed by atoms with van der Waals surface area (Å²) in [4.78, 5) is 30.2. The van der Waals surface area contributed by atoms with Gasteiger partial charge in [-0.25, -0.2) is 4.98 Å². The fourth-order valence-electron chi connectivity index (χ4n) is 3.89. The van der Waals surface area contributed by atoms with Crippen LogP contribution in [0.15, 0.2) is 89.7 Å². The molecule has 2 heterocycles. The molecule has 3 aromatic carbocycles. The molecule has 0 spiro atoms. The molecule has 156 valence electrons. The molecular weight excluding hydrogens is 402 g/mol. The summed E-state index contributed by atoms with van der Waals surface area (Å²) in [5.74, 6) is 0.660. The van der Waals surface area contributed by atoms with E-state index >= 15 is 0 Å². The third-order valence-electron chi connectivity index (χ3n) is 5.42. The van der Waals surface area contributed by atoms with Crippen LogP contribution >= 0.6 is 0 Å². The molecule has 1 N–H and O–H groups in total. The number of aromatic nitrogens is 3. The van der Waals surface area contributed by atoms with Crippen LogP contribution in [0.3, 0.4) is 0 Å². The van der Waals surface area contributed by atoms with Gasteiger partial charge in [-0.3, -0.25) is 14.7 Å². The second-order valence-electron chi connectivity index (χ2n) is 7.28. The number of nitrogens with one attached hydrogen (secondary N) is 1. The highest BCUT2D eigenvalue weighted by atomic mass is 16.5. The SMILES string of the molecule is COc1ccc(-c2c(C=O)nc3c(-c4ccccc4)c(-c4ccccc4)[nH]n3c2=O)cc1. The van der Waals surface area contributed by atoms with Crippen molar-refractivity contribution in [3.63, 3.8) is 0 Å². The molecule has 0 radical (unpaired) electrons. The van der Waals surface area contributed by atoms with Gasteiger partial charge in [0, 0.05) is 5.56 Å². The lowest BCUT2D eigenvalue weighted by atomic mass is 10.0. The van der Waals surface area contributed by atoms with E-state index in [1.807, 2.05) is 60.7 Å². The Hall–Kier alpha value is -4.45. The van der Waals surface area contributed by atoms with E-state index in [-0.39, 0.29) is 16.8 Å². The highest BCUT2D eigenvalue weighted by Crippen LogP contribution is 2.34. The number of methoxy groups -OCH3 is 1. The Morgan fingerprint density at radius 2 is 1.41 bits per heavy atom. The van der Waals surface area contributed by atoms with Crippen molar-refractivity contribution in [1.82, 2.24) is 14.6 Å². The van der Waals surface area contributed by atoms with E-state index in [2.05, 4.69) is 10.1 Å². The van der Waals surface area contributed by atoms with Crippen molar-refractivity contribution in [2.24, 2.45) is 0 Å². The lowest BCUT2D eigenvalue weighted by Gasteiger charge is -2.07. The van der Waals surface area contributed by atoms with Crippen LogP contribution in [0.5, 0.6) is 5.75 Å². The first-order valence-electron chi connectivity index (χ1n) is 10.1. The minimum Gasteiger partial charge on any atom is -0.497 e. The number of benzene rings is 3. The van der Waals surface area contributed by atoms with Crippen LogP contribution in [0.2, 0.25) is 0 Å². The van der Waals surface area contributed by atoms with Crippen molar-refractivity contribution < 1.29 is 9.53 Å². The van der Waals surface area contributed by atoms with Gasteiger partial charge in [0.1, 0.15) is 11.4 Å². The molecule has 6 heteroatoms. The number of carbonyl (C=O) groups is 1. The van der Waals surface area contributed by atoms with Crippen molar-refractivity contribution >= 4 is 11.9 Å². The van der Waals surface area contributed by atoms with Crippen LogP contribution in [0.4, 0.5) is 0 Å². The number of hydrogen-bond acceptors (Lipinski definition) is 4. The molecule has 0 aliphatic carbocycles. The molecule has 0 aliphatic heterocycles. The monoisotopic (exact) mass is 421 g/mol. The van der Waals surface area contributed by atoms with E-state index in [4.69, 9.17) is 4.74 Å². The van der Waals surface area contributed by atoms with E-state index in [9.17, 15) is 9.59 Å². The van der Waals surface area contributed by atoms with Crippen LogP contribution in [-0.2, 0) is 0 Å². The highest BCUT2D eigenvalue weighted by Gasteiger charge is 2.22. The normalized spacial score (nSPS) is 10.9. The number of carbonyl (C=O) groups excluding carboxylic acids is 1. The smallest absolute Gasteiger partial charge is 0.281 e. The standard InChI is InChI=1S/C26H19N3O3/c1-32-20-14-12-18(13-15-20)22-21(16-30)27-25-23(17-8-4-2-5-9-17)24(28-29(25)26(22)31)19-10-6-3-7-11-19/h2-16,28H,1H3. The summed E-state index contributed by atoms with van der Waals surface area (Å²) in [5, 5.41) is 3.23. The second kappa shape index (κ2) is 8.00. The van der Waals surface area contributed by atoms with E-state index in [0.717, 1.165) is 22.4 Å². The first-order chi connectivity index (χ1) is 15.7. The minimum absolute atomic E-state index is 0.0935. The average molecular weight is 421 g/mol. The van der Waals surface area contributed by atoms with E-state index in [0.29, 0.717) is 23.2 Å². The summed E-state index contributed by atoms with van der Waals surface area (Å²) in [6, 6.07) is 26.4. The van der Waals surface area contributed by atoms with Gasteiger partial charge in [-0.2, -0.15) is 4.52 Å². The lowest BCUT2D eigenvalue weighted by molar-refractivity contribution is 0.111. The maximum atomic E-state index is 13.6. The molecule has 0 saturated carbocycles. The van der Waals surface area contributed by atoms with E-state index < -0.39 is 0 Å². The first-order valence-corrected chi connectivity index (χ1v) is 10.1. The largest absolute Gasteiger partial charge is 0.497 e. The maximum Gasteiger partial charge on any atom is 0.281 e. The van der Waals surface area contributed by atoms with Gasteiger partial charge in [0.05, 0.1) is 23.9 Å². The average Bonchev–Trinajstić information content (AvgIpc) is 3.25. The molecule has 0 aliphatic rings. The molecule has 0 unspecified atom stereocenters. The maximum absolute atomic E-state index is 13.6. The van der Waals surface area contributed by atoms with E-state index in [1.54, 1.807) is 31.4 Å². The van der Waals surface area contributed by atoms with Crippen molar-refractivity contribution in [3.05, 3.63) is 101 Å². The summed E-state index contributed by atoms with van der Waals surface area (Å²) in [6.07, 6.45) is 0.630. The van der Waals surface area contributed by atoms with Gasteiger partial charge in [-0.05, 0) is 23.3 Å². The van der Waals surface area contributed by atoms with Crippen molar-refractivity contribution in [2.75, 3.05) is 7.11 Å². The Bertz CT molecular complexity index is 1470. The molecule has 0 atom stereocenters. The van der Waals surface area contributed by atoms with E-state index in [1.165, 1.54) is 4.52 Å². The Kier molecular flexibility index (Phi) is 4.88. The number of ether oxygens (including phenoxy) is 1. The van der Waals surface area contributed by atoms with Crippen molar-refractivity contribution in [2.45, 2.75) is 0 Å². The molecule has 2 aromatic heterocycles. The third-order valence-corrected chi connectivity index (χ3v) is 5.42. The molecule has 5 rings (SSSR count). The lowest BCUT2D eigenvalue weighted by Crippen LogP contribution is -2.20. The van der Waals surface area contributed by atoms with Crippen LogP contribution in [0.1, 0.15) is 10.5 Å². The van der Waals surface area contributed by atoms with Crippen LogP contribution in [0.25, 0.3) is 39.2 Å². The predicted molar refractivity (Wildman–Crippen MR) is 124 cm³/mol. The van der Waals surface area contributed by atoms with Gasteiger partial charge in [0.15, 0.2) is 11.9 Å². The zero-order valence-electron chi connectivity index (χ0n) is 17.3. The van der Waals surface area contributed by atoms with Crippen LogP contribution in [-0.4, -0.2) is 28.0 Å². The van der Waals surface area contributed by atoms with Gasteiger partial charge in [-0.15, -0.1) is 0 Å². The Morgan fingerprint density at radius 1 is 0.812 bits per heavy atom. The quantitative estimate of drug-likeness (QED) is 0.412. The molecule has 5 aromatic rings. The number of nitrogens with zero attached hydrogens (tertiary/aromatic N) is 2. The molecule has 0 bridgehead atoms. The van der Waals surface area contributed by atoms with Gasteiger partial charge in [-0.1, -0.05) is 72.8 Å². The number of aldehydes is 1. The Labute approximate surface area is 183 Å². The summed E-state index contributed by atoms with van der Waals surface area (Å²) in [6.45, 7) is 0. The van der Waals surface area contributed by atoms with Crippen molar-refractivity contribution in [3.8, 4) is 39.3 Å². The van der Waals surface area contributed by atoms with Gasteiger partial charge in [0.25, 0.3) is 5.56 Å². The van der Waals surface area contributed by atoms with Crippen LogP contribution < -0.4 is 10.3 Å². The van der Waals surface area contributed by atoms with Crippen molar-refractivity contribution in [1.29, 1.82) is 0 Å². The topological polar surface area (TPSA) is 76.5 Å². The molecule has 0 fully saturated rings.